The van der Waals surface area contributed by atoms with Crippen LogP contribution in [0.5, 0.6) is 0 Å². The van der Waals surface area contributed by atoms with Gasteiger partial charge in [0.15, 0.2) is 5.96 Å². The first-order chi connectivity index (χ1) is 9.70. The Hall–Kier alpha value is 0.700. The highest BCUT2D eigenvalue weighted by atomic mass is 127. The topological polar surface area (TPSA) is 27.6 Å². The molecular formula is C15H30IN3S2. The van der Waals surface area contributed by atoms with Gasteiger partial charge in [-0.1, -0.05) is 13.8 Å². The predicted octanol–water partition coefficient (Wildman–Crippen LogP) is 3.40. The Morgan fingerprint density at radius 3 is 2.62 bits per heavy atom. The molecule has 0 aromatic heterocycles. The van der Waals surface area contributed by atoms with Crippen molar-refractivity contribution in [2.75, 3.05) is 43.9 Å². The smallest absolute Gasteiger partial charge is 0.193 e. The van der Waals surface area contributed by atoms with Gasteiger partial charge in [-0.3, -0.25) is 4.99 Å². The third kappa shape index (κ3) is 6.37. The van der Waals surface area contributed by atoms with Gasteiger partial charge in [0.05, 0.1) is 0 Å². The van der Waals surface area contributed by atoms with Gasteiger partial charge in [-0.15, -0.1) is 24.0 Å². The number of aliphatic imine (C=N–C) groups is 1. The van der Waals surface area contributed by atoms with E-state index in [1.807, 2.05) is 7.05 Å². The molecule has 3 nitrogen and oxygen atoms in total. The minimum Gasteiger partial charge on any atom is -0.356 e. The summed E-state index contributed by atoms with van der Waals surface area (Å²) in [4.78, 5) is 6.96. The van der Waals surface area contributed by atoms with E-state index in [1.54, 1.807) is 0 Å². The van der Waals surface area contributed by atoms with Crippen molar-refractivity contribution in [1.82, 2.24) is 10.2 Å². The minimum atomic E-state index is 0. The quantitative estimate of drug-likeness (QED) is 0.411. The molecule has 0 amide bonds. The van der Waals surface area contributed by atoms with Crippen LogP contribution < -0.4 is 5.32 Å². The molecule has 0 radical (unpaired) electrons. The highest BCUT2D eigenvalue weighted by Crippen LogP contribution is 2.25. The van der Waals surface area contributed by atoms with Crippen molar-refractivity contribution in [3.05, 3.63) is 0 Å². The second kappa shape index (κ2) is 10.5. The maximum atomic E-state index is 4.51. The molecule has 124 valence electrons. The van der Waals surface area contributed by atoms with Crippen LogP contribution in [0, 0.1) is 11.8 Å². The molecule has 0 bridgehead atoms. The van der Waals surface area contributed by atoms with Gasteiger partial charge in [0.1, 0.15) is 0 Å². The highest BCUT2D eigenvalue weighted by Gasteiger charge is 2.25. The van der Waals surface area contributed by atoms with Crippen molar-refractivity contribution in [1.29, 1.82) is 0 Å². The second-order valence-electron chi connectivity index (χ2n) is 6.08. The SMILES string of the molecule is CN=C(NCC1CCSCC1)N1CCSC(C(C)C)C1.I. The Labute approximate surface area is 155 Å². The summed E-state index contributed by atoms with van der Waals surface area (Å²) in [6.07, 6.45) is 2.72. The number of nitrogens with zero attached hydrogens (tertiary/aromatic N) is 2. The molecule has 2 saturated heterocycles. The Morgan fingerprint density at radius 2 is 2.00 bits per heavy atom. The maximum Gasteiger partial charge on any atom is 0.193 e. The zero-order valence-electron chi connectivity index (χ0n) is 13.5. The first-order valence-corrected chi connectivity index (χ1v) is 10.1. The number of guanidine groups is 1. The standard InChI is InChI=1S/C15H29N3S2.HI/c1-12(2)14-11-18(6-9-20-14)15(16-3)17-10-13-4-7-19-8-5-13;/h12-14H,4-11H2,1-3H3,(H,16,17);1H. The molecule has 6 heteroatoms. The van der Waals surface area contributed by atoms with E-state index in [2.05, 4.69) is 52.6 Å². The zero-order chi connectivity index (χ0) is 14.4. The van der Waals surface area contributed by atoms with Gasteiger partial charge in [0.2, 0.25) is 0 Å². The van der Waals surface area contributed by atoms with E-state index in [0.29, 0.717) is 0 Å². The van der Waals surface area contributed by atoms with Gasteiger partial charge < -0.3 is 10.2 Å². The second-order valence-corrected chi connectivity index (χ2v) is 8.65. The Morgan fingerprint density at radius 1 is 1.29 bits per heavy atom. The van der Waals surface area contributed by atoms with Crippen LogP contribution in [0.4, 0.5) is 0 Å². The summed E-state index contributed by atoms with van der Waals surface area (Å²) in [5.74, 6) is 6.60. The van der Waals surface area contributed by atoms with Crippen LogP contribution in [0.15, 0.2) is 4.99 Å². The molecule has 1 atom stereocenters. The maximum absolute atomic E-state index is 4.51. The van der Waals surface area contributed by atoms with E-state index in [0.717, 1.165) is 42.7 Å². The van der Waals surface area contributed by atoms with Gasteiger partial charge in [0, 0.05) is 37.7 Å². The van der Waals surface area contributed by atoms with Crippen LogP contribution in [-0.2, 0) is 0 Å². The van der Waals surface area contributed by atoms with E-state index < -0.39 is 0 Å². The Kier molecular flexibility index (Phi) is 9.84. The van der Waals surface area contributed by atoms with Crippen LogP contribution in [0.25, 0.3) is 0 Å². The zero-order valence-corrected chi connectivity index (χ0v) is 17.5. The number of hydrogen-bond acceptors (Lipinski definition) is 3. The molecule has 2 fully saturated rings. The number of thioether (sulfide) groups is 2. The minimum absolute atomic E-state index is 0. The molecule has 0 aliphatic carbocycles. The third-order valence-electron chi connectivity index (χ3n) is 4.24. The fourth-order valence-electron chi connectivity index (χ4n) is 2.79. The molecule has 1 N–H and O–H groups in total. The van der Waals surface area contributed by atoms with Crippen LogP contribution >= 0.6 is 47.5 Å². The first-order valence-electron chi connectivity index (χ1n) is 7.85. The van der Waals surface area contributed by atoms with Crippen LogP contribution in [0.3, 0.4) is 0 Å². The average molecular weight is 443 g/mol. The Bertz CT molecular complexity index is 320. The molecule has 1 unspecified atom stereocenters. The monoisotopic (exact) mass is 443 g/mol. The summed E-state index contributed by atoms with van der Waals surface area (Å²) < 4.78 is 0. The molecule has 2 aliphatic heterocycles. The van der Waals surface area contributed by atoms with Gasteiger partial charge in [0.25, 0.3) is 0 Å². The summed E-state index contributed by atoms with van der Waals surface area (Å²) in [5.41, 5.74) is 0. The number of rotatable bonds is 3. The summed E-state index contributed by atoms with van der Waals surface area (Å²) in [6, 6.07) is 0. The fraction of sp³-hybridized carbons (Fsp3) is 0.933. The third-order valence-corrected chi connectivity index (χ3v) is 6.83. The molecule has 0 aromatic carbocycles. The summed E-state index contributed by atoms with van der Waals surface area (Å²) >= 11 is 4.22. The molecule has 2 rings (SSSR count). The lowest BCUT2D eigenvalue weighted by Gasteiger charge is -2.36. The molecule has 2 aliphatic rings. The van der Waals surface area contributed by atoms with Gasteiger partial charge in [-0.25, -0.2) is 0 Å². The van der Waals surface area contributed by atoms with Crippen molar-refractivity contribution in [2.45, 2.75) is 31.9 Å². The van der Waals surface area contributed by atoms with Crippen molar-refractivity contribution in [3.63, 3.8) is 0 Å². The Balaban J connectivity index is 0.00000220. The molecule has 21 heavy (non-hydrogen) atoms. The van der Waals surface area contributed by atoms with E-state index in [-0.39, 0.29) is 24.0 Å². The van der Waals surface area contributed by atoms with Crippen LogP contribution in [-0.4, -0.2) is 60.0 Å². The number of hydrogen-bond donors (Lipinski definition) is 1. The van der Waals surface area contributed by atoms with Crippen LogP contribution in [0.1, 0.15) is 26.7 Å². The molecule has 0 saturated carbocycles. The van der Waals surface area contributed by atoms with E-state index >= 15 is 0 Å². The highest BCUT2D eigenvalue weighted by molar-refractivity contribution is 14.0. The van der Waals surface area contributed by atoms with Gasteiger partial charge >= 0.3 is 0 Å². The van der Waals surface area contributed by atoms with E-state index in [4.69, 9.17) is 0 Å². The van der Waals surface area contributed by atoms with Crippen molar-refractivity contribution < 1.29 is 0 Å². The van der Waals surface area contributed by atoms with Gasteiger partial charge in [-0.2, -0.15) is 23.5 Å². The number of halogens is 1. The summed E-state index contributed by atoms with van der Waals surface area (Å²) in [5, 5.41) is 4.37. The molecule has 0 aromatic rings. The normalized spacial score (nSPS) is 24.9. The summed E-state index contributed by atoms with van der Waals surface area (Å²) in [7, 11) is 1.92. The van der Waals surface area contributed by atoms with Gasteiger partial charge in [-0.05, 0) is 36.2 Å². The lowest BCUT2D eigenvalue weighted by molar-refractivity contribution is 0.373. The fourth-order valence-corrected chi connectivity index (χ4v) is 5.29. The molecule has 0 spiro atoms. The van der Waals surface area contributed by atoms with E-state index in [9.17, 15) is 0 Å². The average Bonchev–Trinajstić information content (AvgIpc) is 2.49. The summed E-state index contributed by atoms with van der Waals surface area (Å²) in [6.45, 7) is 8.04. The lowest BCUT2D eigenvalue weighted by atomic mass is 10.0. The van der Waals surface area contributed by atoms with Crippen LogP contribution in [0.2, 0.25) is 0 Å². The van der Waals surface area contributed by atoms with Crippen molar-refractivity contribution in [3.8, 4) is 0 Å². The number of nitrogens with one attached hydrogen (secondary N) is 1. The van der Waals surface area contributed by atoms with Crippen molar-refractivity contribution in [2.24, 2.45) is 16.8 Å². The lowest BCUT2D eigenvalue weighted by Crippen LogP contribution is -2.50. The largest absolute Gasteiger partial charge is 0.356 e. The first kappa shape index (κ1) is 19.7. The predicted molar refractivity (Wildman–Crippen MR) is 109 cm³/mol. The van der Waals surface area contributed by atoms with Crippen molar-refractivity contribution >= 4 is 53.5 Å². The molecule has 2 heterocycles. The molecular weight excluding hydrogens is 413 g/mol. The van der Waals surface area contributed by atoms with E-state index in [1.165, 1.54) is 30.1 Å².